The van der Waals surface area contributed by atoms with Crippen LogP contribution < -0.4 is 14.2 Å². The van der Waals surface area contributed by atoms with Gasteiger partial charge in [0.05, 0.1) is 50.7 Å². The van der Waals surface area contributed by atoms with Gasteiger partial charge in [-0.05, 0) is 113 Å². The van der Waals surface area contributed by atoms with E-state index in [0.717, 1.165) is 68.1 Å². The summed E-state index contributed by atoms with van der Waals surface area (Å²) in [7, 11) is 1.52. The molecule has 64 heavy (non-hydrogen) atoms. The Morgan fingerprint density at radius 2 is 1.70 bits per heavy atom. The minimum absolute atomic E-state index is 0.0179. The molecule has 2 saturated carbocycles. The van der Waals surface area contributed by atoms with Gasteiger partial charge < -0.3 is 48.7 Å². The van der Waals surface area contributed by atoms with Crippen molar-refractivity contribution < 1.29 is 53.4 Å². The number of oxime groups is 1. The van der Waals surface area contributed by atoms with E-state index in [0.29, 0.717) is 53.7 Å². The topological polar surface area (TPSA) is 166 Å². The molecule has 0 aromatic heterocycles. The van der Waals surface area contributed by atoms with Gasteiger partial charge in [0.1, 0.15) is 34.6 Å². The van der Waals surface area contributed by atoms with Gasteiger partial charge in [-0.3, -0.25) is 9.59 Å². The van der Waals surface area contributed by atoms with Crippen LogP contribution in [0.5, 0.6) is 23.0 Å². The molecule has 2 fully saturated rings. The third-order valence-electron chi connectivity index (χ3n) is 13.3. The average Bonchev–Trinajstić information content (AvgIpc) is 3.82. The maximum Gasteiger partial charge on any atom is 0.239 e. The Hall–Kier alpha value is -4.27. The van der Waals surface area contributed by atoms with E-state index < -0.39 is 23.3 Å². The van der Waals surface area contributed by atoms with Gasteiger partial charge in [-0.2, -0.15) is 0 Å². The SMILES string of the molecule is C=CCOC12Oc3ccc(Oc4ccc(OC)c(C=O)c4)cc3C3C(CCCCO)C(CCCCO)C=C(C(=NOC(C)(C)C)CC1N(CCOCCO)C(=O)CCC1CCCC1)C32. The molecule has 0 saturated heterocycles. The maximum absolute atomic E-state index is 14.9. The van der Waals surface area contributed by atoms with Crippen LogP contribution in [0.1, 0.15) is 126 Å². The van der Waals surface area contributed by atoms with Crippen molar-refractivity contribution in [1.29, 1.82) is 0 Å². The molecule has 1 heterocycles. The molecule has 6 atom stereocenters. The van der Waals surface area contributed by atoms with Gasteiger partial charge in [0.15, 0.2) is 6.29 Å². The first-order valence-electron chi connectivity index (χ1n) is 23.6. The number of nitrogens with zero attached hydrogens (tertiary/aromatic N) is 2. The van der Waals surface area contributed by atoms with E-state index in [-0.39, 0.29) is 76.3 Å². The maximum atomic E-state index is 14.9. The van der Waals surface area contributed by atoms with Crippen LogP contribution in [-0.4, -0.2) is 109 Å². The van der Waals surface area contributed by atoms with Gasteiger partial charge in [-0.15, -0.1) is 6.58 Å². The van der Waals surface area contributed by atoms with E-state index in [2.05, 4.69) is 12.7 Å². The molecular weight excluding hydrogens is 817 g/mol. The van der Waals surface area contributed by atoms with E-state index in [1.165, 1.54) is 20.0 Å². The molecule has 0 radical (unpaired) electrons. The molecule has 13 heteroatoms. The van der Waals surface area contributed by atoms with E-state index in [4.69, 9.17) is 33.7 Å². The number of aldehydes is 1. The van der Waals surface area contributed by atoms with Crippen LogP contribution in [0.4, 0.5) is 0 Å². The number of benzene rings is 2. The Balaban J connectivity index is 1.57. The van der Waals surface area contributed by atoms with E-state index in [1.54, 1.807) is 24.3 Å². The lowest BCUT2D eigenvalue weighted by molar-refractivity contribution is -0.258. The second-order valence-corrected chi connectivity index (χ2v) is 18.7. The van der Waals surface area contributed by atoms with Gasteiger partial charge >= 0.3 is 0 Å². The molecule has 1 aliphatic heterocycles. The van der Waals surface area contributed by atoms with Crippen molar-refractivity contribution in [2.75, 3.05) is 53.3 Å². The van der Waals surface area contributed by atoms with Crippen molar-refractivity contribution in [3.05, 3.63) is 71.8 Å². The summed E-state index contributed by atoms with van der Waals surface area (Å²) in [5.41, 5.74) is 2.33. The van der Waals surface area contributed by atoms with Gasteiger partial charge in [0, 0.05) is 44.1 Å². The summed E-state index contributed by atoms with van der Waals surface area (Å²) >= 11 is 0. The Morgan fingerprint density at radius 1 is 0.969 bits per heavy atom. The molecule has 0 bridgehead atoms. The third kappa shape index (κ3) is 11.8. The van der Waals surface area contributed by atoms with Crippen molar-refractivity contribution in [3.63, 3.8) is 0 Å². The monoisotopic (exact) mass is 889 g/mol. The number of carbonyl (C=O) groups excluding carboxylic acids is 2. The largest absolute Gasteiger partial charge is 0.496 e. The van der Waals surface area contributed by atoms with Gasteiger partial charge in [0.25, 0.3) is 0 Å². The third-order valence-corrected chi connectivity index (χ3v) is 13.3. The van der Waals surface area contributed by atoms with Crippen LogP contribution >= 0.6 is 0 Å². The van der Waals surface area contributed by atoms with Crippen molar-refractivity contribution in [3.8, 4) is 23.0 Å². The smallest absolute Gasteiger partial charge is 0.239 e. The number of aliphatic hydroxyl groups excluding tert-OH is 3. The molecule has 3 N–H and O–H groups in total. The quantitative estimate of drug-likeness (QED) is 0.0379. The Bertz CT molecular complexity index is 1920. The highest BCUT2D eigenvalue weighted by Gasteiger charge is 2.65. The molecule has 352 valence electrons. The number of fused-ring (bicyclic) bond motifs is 2. The Labute approximate surface area is 379 Å². The summed E-state index contributed by atoms with van der Waals surface area (Å²) in [6.07, 6.45) is 15.3. The van der Waals surface area contributed by atoms with E-state index in [1.807, 2.05) is 43.9 Å². The lowest BCUT2D eigenvalue weighted by atomic mass is 9.55. The van der Waals surface area contributed by atoms with E-state index >= 15 is 0 Å². The molecule has 2 aromatic carbocycles. The molecular formula is C51H72N2O11. The fourth-order valence-corrected chi connectivity index (χ4v) is 10.5. The number of ether oxygens (including phenoxy) is 5. The van der Waals surface area contributed by atoms with Crippen LogP contribution in [0.3, 0.4) is 0 Å². The summed E-state index contributed by atoms with van der Waals surface area (Å²) in [5, 5.41) is 34.5. The number of hydrogen-bond donors (Lipinski definition) is 3. The van der Waals surface area contributed by atoms with Gasteiger partial charge in [-0.1, -0.05) is 55.8 Å². The Morgan fingerprint density at radius 3 is 2.39 bits per heavy atom. The zero-order valence-electron chi connectivity index (χ0n) is 38.5. The number of rotatable bonds is 25. The first kappa shape index (κ1) is 49.2. The van der Waals surface area contributed by atoms with Crippen molar-refractivity contribution in [2.45, 2.75) is 128 Å². The standard InChI is InChI=1S/C51H72N2O11/c1-6-27-61-51-46(53(23-28-60-29-26-56)47(58)22-17-35-13-7-8-14-35)33-43(52-64-50(2,3)4)41-31-36(15-9-11-24-54)40(16-10-12-25-55)48(49(41)51)42-32-39(19-21-45(42)63-51)62-38-18-20-44(59-5)37(30-38)34-57/h6,18-21,30-32,34-36,40,46,48-49,54-56H,1,7-17,22-29,33H2,2-5H3. The number of methoxy groups -OCH3 is 1. The molecule has 13 nitrogen and oxygen atoms in total. The number of hydrogen-bond acceptors (Lipinski definition) is 12. The van der Waals surface area contributed by atoms with Crippen LogP contribution in [0, 0.1) is 23.7 Å². The summed E-state index contributed by atoms with van der Waals surface area (Å²) in [5.74, 6) is 0.475. The first-order chi connectivity index (χ1) is 31.0. The zero-order chi connectivity index (χ0) is 45.7. The second-order valence-electron chi connectivity index (χ2n) is 18.7. The lowest BCUT2D eigenvalue weighted by Crippen LogP contribution is -2.70. The van der Waals surface area contributed by atoms with Gasteiger partial charge in [-0.25, -0.2) is 0 Å². The summed E-state index contributed by atoms with van der Waals surface area (Å²) < 4.78 is 32.3. The van der Waals surface area contributed by atoms with Crippen LogP contribution in [-0.2, 0) is 19.1 Å². The van der Waals surface area contributed by atoms with Crippen LogP contribution in [0.2, 0.25) is 0 Å². The molecule has 4 aliphatic rings. The Kier molecular flexibility index (Phi) is 17.9. The fraction of sp³-hybridized carbons (Fsp3) is 0.627. The highest BCUT2D eigenvalue weighted by molar-refractivity contribution is 6.03. The predicted molar refractivity (Wildman–Crippen MR) is 245 cm³/mol. The number of allylic oxidation sites excluding steroid dienone is 1. The van der Waals surface area contributed by atoms with Crippen molar-refractivity contribution in [2.24, 2.45) is 28.8 Å². The second kappa shape index (κ2) is 23.3. The molecule has 1 amide bonds. The van der Waals surface area contributed by atoms with Crippen molar-refractivity contribution >= 4 is 17.9 Å². The highest BCUT2D eigenvalue weighted by atomic mass is 16.7. The average molecular weight is 889 g/mol. The minimum Gasteiger partial charge on any atom is -0.496 e. The molecule has 3 aliphatic carbocycles. The fourth-order valence-electron chi connectivity index (χ4n) is 10.5. The zero-order valence-corrected chi connectivity index (χ0v) is 38.5. The van der Waals surface area contributed by atoms with Gasteiger partial charge in [0.2, 0.25) is 11.7 Å². The summed E-state index contributed by atoms with van der Waals surface area (Å²) in [4.78, 5) is 35.1. The number of aliphatic hydroxyl groups is 3. The van der Waals surface area contributed by atoms with Crippen LogP contribution in [0.15, 0.2) is 65.9 Å². The van der Waals surface area contributed by atoms with Crippen LogP contribution in [0.25, 0.3) is 0 Å². The van der Waals surface area contributed by atoms with Crippen molar-refractivity contribution in [1.82, 2.24) is 4.90 Å². The number of amides is 1. The molecule has 6 rings (SSSR count). The molecule has 2 aromatic rings. The lowest BCUT2D eigenvalue weighted by Gasteiger charge is -2.60. The minimum atomic E-state index is -1.42. The summed E-state index contributed by atoms with van der Waals surface area (Å²) in [6.45, 7) is 10.7. The molecule has 6 unspecified atom stereocenters. The van der Waals surface area contributed by atoms with E-state index in [9.17, 15) is 24.9 Å². The normalized spacial score (nSPS) is 24.6. The summed E-state index contributed by atoms with van der Waals surface area (Å²) in [6, 6.07) is 10.2. The number of carbonyl (C=O) groups is 2. The highest BCUT2D eigenvalue weighted by Crippen LogP contribution is 2.62. The predicted octanol–water partition coefficient (Wildman–Crippen LogP) is 8.54. The number of unbranched alkanes of at least 4 members (excludes halogenated alkanes) is 2. The first-order valence-corrected chi connectivity index (χ1v) is 23.6. The molecule has 0 spiro atoms.